The molecule has 1 N–H and O–H groups in total. The van der Waals surface area contributed by atoms with Crippen LogP contribution in [-0.2, 0) is 4.74 Å². The summed E-state index contributed by atoms with van der Waals surface area (Å²) < 4.78 is 11.2. The summed E-state index contributed by atoms with van der Waals surface area (Å²) in [6.07, 6.45) is 2.10. The summed E-state index contributed by atoms with van der Waals surface area (Å²) in [4.78, 5) is 15.2. The van der Waals surface area contributed by atoms with Gasteiger partial charge in [-0.05, 0) is 51.0 Å². The van der Waals surface area contributed by atoms with E-state index in [-0.39, 0.29) is 17.6 Å². The van der Waals surface area contributed by atoms with Crippen LogP contribution < -0.4 is 10.1 Å². The van der Waals surface area contributed by atoms with Crippen LogP contribution in [0, 0.1) is 0 Å². The third-order valence-electron chi connectivity index (χ3n) is 5.17. The lowest BCUT2D eigenvalue weighted by Crippen LogP contribution is -2.60. The molecule has 0 atom stereocenters. The van der Waals surface area contributed by atoms with Crippen LogP contribution in [0.2, 0.25) is 0 Å². The highest BCUT2D eigenvalue weighted by Gasteiger charge is 2.39. The summed E-state index contributed by atoms with van der Waals surface area (Å²) in [5.74, 6) is 3.13. The van der Waals surface area contributed by atoms with Crippen molar-refractivity contribution in [2.75, 3.05) is 44.4 Å². The van der Waals surface area contributed by atoms with Crippen LogP contribution in [-0.4, -0.2) is 66.8 Å². The molecule has 0 unspecified atom stereocenters. The van der Waals surface area contributed by atoms with Crippen molar-refractivity contribution in [3.05, 3.63) is 29.8 Å². The Balaban J connectivity index is 1.61. The summed E-state index contributed by atoms with van der Waals surface area (Å²) >= 11 is 2.02. The lowest BCUT2D eigenvalue weighted by Gasteiger charge is -2.48. The number of nitrogens with zero attached hydrogens (tertiary/aromatic N) is 1. The van der Waals surface area contributed by atoms with E-state index in [1.165, 1.54) is 11.5 Å². The van der Waals surface area contributed by atoms with Gasteiger partial charge in [-0.3, -0.25) is 9.69 Å². The predicted octanol–water partition coefficient (Wildman–Crippen LogP) is 2.80. The maximum atomic E-state index is 12.6. The second-order valence-corrected chi connectivity index (χ2v) is 8.53. The fourth-order valence-corrected chi connectivity index (χ4v) is 4.60. The Hall–Kier alpha value is -1.24. The van der Waals surface area contributed by atoms with E-state index < -0.39 is 0 Å². The van der Waals surface area contributed by atoms with Crippen LogP contribution in [0.15, 0.2) is 24.3 Å². The average molecular weight is 379 g/mol. The van der Waals surface area contributed by atoms with Gasteiger partial charge in [-0.2, -0.15) is 11.8 Å². The number of nitrogens with one attached hydrogen (secondary N) is 1. The van der Waals surface area contributed by atoms with E-state index in [2.05, 4.69) is 10.2 Å². The molecule has 26 heavy (non-hydrogen) atoms. The number of amides is 1. The van der Waals surface area contributed by atoms with E-state index in [0.29, 0.717) is 12.1 Å². The maximum absolute atomic E-state index is 12.6. The number of hydrogen-bond donors (Lipinski definition) is 1. The fourth-order valence-electron chi connectivity index (χ4n) is 3.70. The molecule has 0 bridgehead atoms. The zero-order valence-corrected chi connectivity index (χ0v) is 16.6. The first-order chi connectivity index (χ1) is 12.6. The number of thioether (sulfide) groups is 1. The Morgan fingerprint density at radius 3 is 2.50 bits per heavy atom. The molecule has 1 aromatic rings. The molecule has 0 radical (unpaired) electrons. The first-order valence-electron chi connectivity index (χ1n) is 9.54. The van der Waals surface area contributed by atoms with Gasteiger partial charge in [0.15, 0.2) is 0 Å². The Morgan fingerprint density at radius 2 is 1.88 bits per heavy atom. The lowest BCUT2D eigenvalue weighted by molar-refractivity contribution is -0.0237. The average Bonchev–Trinajstić information content (AvgIpc) is 2.68. The van der Waals surface area contributed by atoms with Gasteiger partial charge in [0.05, 0.1) is 6.10 Å². The molecular formula is C20H30N2O3S. The van der Waals surface area contributed by atoms with Crippen molar-refractivity contribution in [3.8, 4) is 5.75 Å². The smallest absolute Gasteiger partial charge is 0.251 e. The van der Waals surface area contributed by atoms with E-state index in [0.717, 1.165) is 44.9 Å². The minimum atomic E-state index is -0.0154. The largest absolute Gasteiger partial charge is 0.491 e. The predicted molar refractivity (Wildman–Crippen MR) is 106 cm³/mol. The van der Waals surface area contributed by atoms with Gasteiger partial charge in [0, 0.05) is 55.5 Å². The molecule has 0 aliphatic carbocycles. The first kappa shape index (κ1) is 19.5. The molecule has 0 spiro atoms. The minimum absolute atomic E-state index is 0.0154. The van der Waals surface area contributed by atoms with E-state index in [1.54, 1.807) is 0 Å². The van der Waals surface area contributed by atoms with Crippen LogP contribution in [0.25, 0.3) is 0 Å². The van der Waals surface area contributed by atoms with Crippen LogP contribution in [0.3, 0.4) is 0 Å². The Kier molecular flexibility index (Phi) is 6.84. The van der Waals surface area contributed by atoms with E-state index >= 15 is 0 Å². The third kappa shape index (κ3) is 4.93. The van der Waals surface area contributed by atoms with E-state index in [4.69, 9.17) is 9.47 Å². The molecule has 0 aromatic heterocycles. The Labute approximate surface area is 160 Å². The normalized spacial score (nSPS) is 20.7. The summed E-state index contributed by atoms with van der Waals surface area (Å²) in [6, 6.07) is 7.39. The van der Waals surface area contributed by atoms with Gasteiger partial charge in [0.2, 0.25) is 0 Å². The zero-order chi connectivity index (χ0) is 18.4. The van der Waals surface area contributed by atoms with Crippen LogP contribution in [0.5, 0.6) is 5.75 Å². The number of ether oxygens (including phenoxy) is 2. The van der Waals surface area contributed by atoms with Crippen molar-refractivity contribution >= 4 is 17.7 Å². The van der Waals surface area contributed by atoms with E-state index in [1.807, 2.05) is 49.9 Å². The third-order valence-corrected chi connectivity index (χ3v) is 6.11. The van der Waals surface area contributed by atoms with Gasteiger partial charge < -0.3 is 14.8 Å². The van der Waals surface area contributed by atoms with Crippen LogP contribution >= 0.6 is 11.8 Å². The summed E-state index contributed by atoms with van der Waals surface area (Å²) in [5, 5.41) is 3.18. The summed E-state index contributed by atoms with van der Waals surface area (Å²) in [7, 11) is 0. The number of carbonyl (C=O) groups is 1. The fraction of sp³-hybridized carbons (Fsp3) is 0.650. The molecule has 2 heterocycles. The van der Waals surface area contributed by atoms with Crippen molar-refractivity contribution in [1.29, 1.82) is 0 Å². The van der Waals surface area contributed by atoms with Gasteiger partial charge in [-0.15, -0.1) is 0 Å². The topological polar surface area (TPSA) is 50.8 Å². The highest BCUT2D eigenvalue weighted by molar-refractivity contribution is 7.99. The molecular weight excluding hydrogens is 348 g/mol. The highest BCUT2D eigenvalue weighted by Crippen LogP contribution is 2.30. The zero-order valence-electron chi connectivity index (χ0n) is 15.8. The molecule has 144 valence electrons. The standard InChI is InChI=1S/C20H30N2O3S/c1-16(2)25-18-5-3-17(4-6-18)19(23)21-15-20(7-11-24-12-8-20)22-9-13-26-14-10-22/h3-6,16H,7-15H2,1-2H3,(H,21,23). The van der Waals surface area contributed by atoms with Crippen molar-refractivity contribution in [2.24, 2.45) is 0 Å². The highest BCUT2D eigenvalue weighted by atomic mass is 32.2. The molecule has 3 rings (SSSR count). The first-order valence-corrected chi connectivity index (χ1v) is 10.7. The number of carbonyl (C=O) groups excluding carboxylic acids is 1. The van der Waals surface area contributed by atoms with Gasteiger partial charge in [-0.25, -0.2) is 0 Å². The second kappa shape index (κ2) is 9.11. The molecule has 2 aliphatic rings. The van der Waals surface area contributed by atoms with Crippen molar-refractivity contribution in [3.63, 3.8) is 0 Å². The lowest BCUT2D eigenvalue weighted by atomic mass is 9.87. The summed E-state index contributed by atoms with van der Waals surface area (Å²) in [6.45, 7) is 8.43. The van der Waals surface area contributed by atoms with Gasteiger partial charge in [0.1, 0.15) is 5.75 Å². The van der Waals surface area contributed by atoms with Crippen molar-refractivity contribution in [2.45, 2.75) is 38.3 Å². The minimum Gasteiger partial charge on any atom is -0.491 e. The summed E-state index contributed by atoms with van der Waals surface area (Å²) in [5.41, 5.74) is 0.716. The molecule has 2 saturated heterocycles. The van der Waals surface area contributed by atoms with Gasteiger partial charge in [-0.1, -0.05) is 0 Å². The Bertz CT molecular complexity index is 579. The number of benzene rings is 1. The molecule has 2 fully saturated rings. The molecule has 0 saturated carbocycles. The quantitative estimate of drug-likeness (QED) is 0.825. The SMILES string of the molecule is CC(C)Oc1ccc(C(=O)NCC2(N3CCSCC3)CCOCC2)cc1. The molecule has 5 nitrogen and oxygen atoms in total. The molecule has 6 heteroatoms. The Morgan fingerprint density at radius 1 is 1.23 bits per heavy atom. The van der Waals surface area contributed by atoms with Gasteiger partial charge in [0.25, 0.3) is 5.91 Å². The van der Waals surface area contributed by atoms with Crippen LogP contribution in [0.1, 0.15) is 37.0 Å². The number of rotatable bonds is 6. The van der Waals surface area contributed by atoms with Gasteiger partial charge >= 0.3 is 0 Å². The maximum Gasteiger partial charge on any atom is 0.251 e. The monoisotopic (exact) mass is 378 g/mol. The van der Waals surface area contributed by atoms with Crippen molar-refractivity contribution < 1.29 is 14.3 Å². The number of hydrogen-bond acceptors (Lipinski definition) is 5. The second-order valence-electron chi connectivity index (χ2n) is 7.31. The van der Waals surface area contributed by atoms with E-state index in [9.17, 15) is 4.79 Å². The molecule has 1 aromatic carbocycles. The molecule has 2 aliphatic heterocycles. The van der Waals surface area contributed by atoms with Crippen molar-refractivity contribution in [1.82, 2.24) is 10.2 Å². The molecule has 1 amide bonds. The van der Waals surface area contributed by atoms with Crippen LogP contribution in [0.4, 0.5) is 0 Å².